The van der Waals surface area contributed by atoms with E-state index >= 15 is 0 Å². The van der Waals surface area contributed by atoms with E-state index in [1.54, 1.807) is 12.3 Å². The number of nitrogens with zero attached hydrogens (tertiary/aromatic N) is 9. The molecular formula is C64H44BCl3N10O2. The van der Waals surface area contributed by atoms with E-state index in [1.807, 2.05) is 127 Å². The number of H-pyrrole nitrogens is 1. The Morgan fingerprint density at radius 2 is 0.787 bits per heavy atom. The lowest BCUT2D eigenvalue weighted by atomic mass is 9.81. The summed E-state index contributed by atoms with van der Waals surface area (Å²) in [7, 11) is -1.47. The number of hydrogen-bond acceptors (Lipinski definition) is 10. The first-order chi connectivity index (χ1) is 39.2. The van der Waals surface area contributed by atoms with Gasteiger partial charge in [0.2, 0.25) is 5.28 Å². The Morgan fingerprint density at radius 3 is 1.29 bits per heavy atom. The van der Waals surface area contributed by atoms with Gasteiger partial charge >= 0.3 is 7.12 Å². The van der Waals surface area contributed by atoms with Crippen molar-refractivity contribution in [1.82, 2.24) is 49.4 Å². The molecule has 0 aliphatic carbocycles. The minimum Gasteiger partial charge on any atom is -0.423 e. The highest BCUT2D eigenvalue weighted by Crippen LogP contribution is 2.37. The summed E-state index contributed by atoms with van der Waals surface area (Å²) in [6, 6.07) is 78.0. The van der Waals surface area contributed by atoms with E-state index in [2.05, 4.69) is 140 Å². The maximum atomic E-state index is 8.62. The Labute approximate surface area is 474 Å². The van der Waals surface area contributed by atoms with Gasteiger partial charge in [-0.2, -0.15) is 9.97 Å². The predicted octanol–water partition coefficient (Wildman–Crippen LogP) is 14.6. The Balaban J connectivity index is 0.000000118. The number of aromatic nitrogens is 10. The van der Waals surface area contributed by atoms with E-state index in [0.717, 1.165) is 27.8 Å². The molecule has 3 N–H and O–H groups in total. The van der Waals surface area contributed by atoms with Crippen molar-refractivity contribution < 1.29 is 10.0 Å². The van der Waals surface area contributed by atoms with Crippen LogP contribution in [0.5, 0.6) is 0 Å². The predicted molar refractivity (Wildman–Crippen MR) is 324 cm³/mol. The molecule has 6 aromatic heterocycles. The van der Waals surface area contributed by atoms with Gasteiger partial charge in [0.05, 0.1) is 11.0 Å². The molecule has 80 heavy (non-hydrogen) atoms. The number of fused-ring (bicyclic) bond motifs is 6. The molecule has 0 aliphatic heterocycles. The van der Waals surface area contributed by atoms with Crippen LogP contribution >= 0.6 is 34.8 Å². The van der Waals surface area contributed by atoms with Crippen LogP contribution in [0, 0.1) is 0 Å². The summed E-state index contributed by atoms with van der Waals surface area (Å²) in [5.41, 5.74) is 10.9. The highest BCUT2D eigenvalue weighted by molar-refractivity contribution is 6.58. The quantitative estimate of drug-likeness (QED) is 0.103. The Kier molecular flexibility index (Phi) is 16.1. The van der Waals surface area contributed by atoms with Crippen LogP contribution < -0.4 is 5.46 Å². The van der Waals surface area contributed by atoms with Crippen LogP contribution in [0.3, 0.4) is 0 Å². The monoisotopic (exact) mass is 1100 g/mol. The van der Waals surface area contributed by atoms with Crippen LogP contribution in [0.2, 0.25) is 15.6 Å². The number of pyridine rings is 2. The fourth-order valence-electron chi connectivity index (χ4n) is 9.01. The molecule has 14 rings (SSSR count). The van der Waals surface area contributed by atoms with Crippen molar-refractivity contribution in [2.75, 3.05) is 0 Å². The molecule has 0 saturated heterocycles. The molecule has 14 aromatic rings. The number of halogens is 3. The number of para-hydroxylation sites is 3. The SMILES string of the molecule is Clc1cc(-c2nc(-c3ccccc3)nc(-c3ccccc3)n2)ccn1.Clc1nc(-c2ccccc2)nc(-c2ccccc2)n1.OB(O)c1ccnc(Cl)c1.c1ccc(-n2c3ccccc3c3cc4c(cc32)[nH]c2ccccc24)cc1. The normalized spacial score (nSPS) is 10.8. The van der Waals surface area contributed by atoms with Crippen LogP contribution in [0.4, 0.5) is 0 Å². The molecule has 16 heteroatoms. The lowest BCUT2D eigenvalue weighted by Gasteiger charge is -2.08. The van der Waals surface area contributed by atoms with Crippen molar-refractivity contribution in [3.63, 3.8) is 0 Å². The van der Waals surface area contributed by atoms with E-state index < -0.39 is 7.12 Å². The molecule has 8 aromatic carbocycles. The summed E-state index contributed by atoms with van der Waals surface area (Å²) >= 11 is 17.5. The zero-order valence-corrected chi connectivity index (χ0v) is 44.6. The molecule has 0 spiro atoms. The minimum absolute atomic E-state index is 0.202. The molecule has 0 bridgehead atoms. The Hall–Kier alpha value is -9.47. The molecular weight excluding hydrogens is 1060 g/mol. The smallest absolute Gasteiger partial charge is 0.423 e. The van der Waals surface area contributed by atoms with Crippen LogP contribution in [-0.4, -0.2) is 66.6 Å². The first-order valence-corrected chi connectivity index (χ1v) is 26.3. The first-order valence-electron chi connectivity index (χ1n) is 25.2. The lowest BCUT2D eigenvalue weighted by Crippen LogP contribution is -2.29. The van der Waals surface area contributed by atoms with E-state index in [-0.39, 0.29) is 10.4 Å². The fraction of sp³-hybridized carbons (Fsp3) is 0. The maximum absolute atomic E-state index is 8.62. The summed E-state index contributed by atoms with van der Waals surface area (Å²) in [6.45, 7) is 0. The van der Waals surface area contributed by atoms with E-state index in [1.165, 1.54) is 67.6 Å². The first kappa shape index (κ1) is 52.6. The van der Waals surface area contributed by atoms with Gasteiger partial charge in [0.15, 0.2) is 29.1 Å². The Morgan fingerprint density at radius 1 is 0.350 bits per heavy atom. The number of hydrogen-bond donors (Lipinski definition) is 3. The number of benzene rings is 8. The van der Waals surface area contributed by atoms with Gasteiger partial charge in [-0.3, -0.25) is 0 Å². The fourth-order valence-corrected chi connectivity index (χ4v) is 9.53. The third-order valence-corrected chi connectivity index (χ3v) is 13.3. The summed E-state index contributed by atoms with van der Waals surface area (Å²) in [6.07, 6.45) is 3.06. The topological polar surface area (TPSA) is 164 Å². The van der Waals surface area contributed by atoms with E-state index in [4.69, 9.17) is 44.9 Å². The van der Waals surface area contributed by atoms with Crippen LogP contribution in [-0.2, 0) is 0 Å². The van der Waals surface area contributed by atoms with Gasteiger partial charge in [-0.05, 0) is 77.7 Å². The second-order valence-electron chi connectivity index (χ2n) is 17.9. The average molecular weight is 1100 g/mol. The van der Waals surface area contributed by atoms with Crippen molar-refractivity contribution in [3.05, 3.63) is 265 Å². The minimum atomic E-state index is -1.47. The van der Waals surface area contributed by atoms with Gasteiger partial charge < -0.3 is 19.6 Å². The standard InChI is InChI=1S/C24H16N2.C20H13ClN4.C15H10ClN3.C5H5BClNO2/c1-2-8-16(9-3-1)26-23-13-7-5-11-18(23)20-14-19-17-10-4-6-12-21(17)25-22(19)15-24(20)26;21-17-13-16(11-12-22-17)20-24-18(14-7-3-1-4-8-14)23-19(25-20)15-9-5-2-6-10-15;16-15-18-13(11-7-3-1-4-8-11)17-14(19-15)12-9-5-2-6-10-12;7-5-3-4(6(9)10)1-2-8-5/h1-15,25H;1-13H;1-10H;1-3,9-10H. The van der Waals surface area contributed by atoms with Crippen LogP contribution in [0.1, 0.15) is 0 Å². The number of nitrogens with one attached hydrogen (secondary N) is 1. The van der Waals surface area contributed by atoms with Gasteiger partial charge in [-0.15, -0.1) is 0 Å². The number of rotatable bonds is 7. The molecule has 0 aliphatic rings. The molecule has 0 saturated carbocycles. The zero-order chi connectivity index (χ0) is 54.8. The van der Waals surface area contributed by atoms with Crippen molar-refractivity contribution in [1.29, 1.82) is 0 Å². The van der Waals surface area contributed by atoms with Gasteiger partial charge in [-0.1, -0.05) is 199 Å². The molecule has 6 heterocycles. The van der Waals surface area contributed by atoms with Crippen molar-refractivity contribution in [2.24, 2.45) is 0 Å². The van der Waals surface area contributed by atoms with Crippen molar-refractivity contribution in [2.45, 2.75) is 0 Å². The van der Waals surface area contributed by atoms with Crippen molar-refractivity contribution in [3.8, 4) is 62.6 Å². The van der Waals surface area contributed by atoms with Gasteiger partial charge in [0.1, 0.15) is 10.3 Å². The summed E-state index contributed by atoms with van der Waals surface area (Å²) in [5, 5.41) is 23.2. The summed E-state index contributed by atoms with van der Waals surface area (Å²) in [5.74, 6) is 2.98. The molecule has 0 fully saturated rings. The molecule has 0 amide bonds. The van der Waals surface area contributed by atoms with Crippen LogP contribution in [0.15, 0.2) is 249 Å². The molecule has 386 valence electrons. The van der Waals surface area contributed by atoms with E-state index in [0.29, 0.717) is 39.7 Å². The number of aromatic amines is 1. The largest absolute Gasteiger partial charge is 0.488 e. The summed E-state index contributed by atoms with van der Waals surface area (Å²) < 4.78 is 2.36. The zero-order valence-electron chi connectivity index (χ0n) is 42.3. The third-order valence-electron chi connectivity index (χ3n) is 12.7. The lowest BCUT2D eigenvalue weighted by molar-refractivity contribution is 0.425. The average Bonchev–Trinajstić information content (AvgIpc) is 4.18. The van der Waals surface area contributed by atoms with Gasteiger partial charge in [0, 0.05) is 78.5 Å². The Bertz CT molecular complexity index is 4270. The third kappa shape index (κ3) is 12.1. The second-order valence-corrected chi connectivity index (χ2v) is 19.1. The highest BCUT2D eigenvalue weighted by atomic mass is 35.5. The molecule has 12 nitrogen and oxygen atoms in total. The van der Waals surface area contributed by atoms with Gasteiger partial charge in [0.25, 0.3) is 0 Å². The molecule has 0 atom stereocenters. The van der Waals surface area contributed by atoms with Gasteiger partial charge in [-0.25, -0.2) is 29.9 Å². The van der Waals surface area contributed by atoms with Crippen LogP contribution in [0.25, 0.3) is 106 Å². The molecule has 0 radical (unpaired) electrons. The second kappa shape index (κ2) is 24.5. The highest BCUT2D eigenvalue weighted by Gasteiger charge is 2.16. The molecule has 0 unspecified atom stereocenters. The van der Waals surface area contributed by atoms with E-state index in [9.17, 15) is 0 Å². The van der Waals surface area contributed by atoms with Crippen molar-refractivity contribution >= 4 is 91.0 Å². The summed E-state index contributed by atoms with van der Waals surface area (Å²) in [4.78, 5) is 38.0. The maximum Gasteiger partial charge on any atom is 0.488 e.